The minimum atomic E-state index is -0.613. The van der Waals surface area contributed by atoms with Crippen molar-refractivity contribution in [1.82, 2.24) is 29.2 Å². The summed E-state index contributed by atoms with van der Waals surface area (Å²) < 4.78 is 16.2. The van der Waals surface area contributed by atoms with Crippen molar-refractivity contribution in [2.24, 2.45) is 0 Å². The van der Waals surface area contributed by atoms with Crippen molar-refractivity contribution in [3.05, 3.63) is 97.8 Å². The molecule has 1 saturated heterocycles. The first kappa shape index (κ1) is 40.2. The molecule has 1 amide bonds. The molecule has 1 aliphatic heterocycles. The smallest absolute Gasteiger partial charge is 0.408 e. The number of nitrogens with one attached hydrogen (secondary N) is 1. The van der Waals surface area contributed by atoms with Gasteiger partial charge >= 0.3 is 12.1 Å². The summed E-state index contributed by atoms with van der Waals surface area (Å²) in [4.78, 5) is 51.1. The highest BCUT2D eigenvalue weighted by Gasteiger charge is 2.28. The number of hydrogen-bond donors (Lipinski definition) is 1. The van der Waals surface area contributed by atoms with Gasteiger partial charge in [-0.15, -0.1) is 11.3 Å². The molecule has 6 aromatic rings. The van der Waals surface area contributed by atoms with E-state index in [0.29, 0.717) is 23.0 Å². The Morgan fingerprint density at radius 1 is 0.983 bits per heavy atom. The van der Waals surface area contributed by atoms with E-state index in [1.165, 1.54) is 29.7 Å². The number of piperidine rings is 1. The molecule has 58 heavy (non-hydrogen) atoms. The summed E-state index contributed by atoms with van der Waals surface area (Å²) in [6.45, 7) is 10.6. The fourth-order valence-electron chi connectivity index (χ4n) is 8.86. The highest BCUT2D eigenvalue weighted by atomic mass is 79.9. The summed E-state index contributed by atoms with van der Waals surface area (Å²) in [5, 5.41) is 3.75. The zero-order chi connectivity index (χ0) is 40.6. The highest BCUT2D eigenvalue weighted by Crippen LogP contribution is 2.38. The van der Waals surface area contributed by atoms with Gasteiger partial charge in [0.05, 0.1) is 45.0 Å². The van der Waals surface area contributed by atoms with Crippen molar-refractivity contribution in [2.45, 2.75) is 103 Å². The van der Waals surface area contributed by atoms with E-state index in [2.05, 4.69) is 58.3 Å². The number of aromatic nitrogens is 4. The third-order valence-electron chi connectivity index (χ3n) is 11.6. The van der Waals surface area contributed by atoms with E-state index >= 15 is 0 Å². The predicted molar refractivity (Wildman–Crippen MR) is 233 cm³/mol. The van der Waals surface area contributed by atoms with E-state index in [0.717, 1.165) is 101 Å². The number of imidazole rings is 1. The van der Waals surface area contributed by atoms with Gasteiger partial charge in [-0.25, -0.2) is 14.6 Å². The van der Waals surface area contributed by atoms with E-state index in [1.807, 2.05) is 63.2 Å². The summed E-state index contributed by atoms with van der Waals surface area (Å²) >= 11 is 5.01. The van der Waals surface area contributed by atoms with Crippen molar-refractivity contribution < 1.29 is 19.1 Å². The molecule has 3 aromatic carbocycles. The van der Waals surface area contributed by atoms with E-state index in [-0.39, 0.29) is 18.2 Å². The maximum Gasteiger partial charge on any atom is 0.408 e. The van der Waals surface area contributed by atoms with Crippen LogP contribution in [0.5, 0.6) is 0 Å². The van der Waals surface area contributed by atoms with Crippen LogP contribution in [0, 0.1) is 0 Å². The molecule has 1 atom stereocenters. The summed E-state index contributed by atoms with van der Waals surface area (Å²) in [7, 11) is 0. The van der Waals surface area contributed by atoms with Gasteiger partial charge < -0.3 is 24.3 Å². The lowest BCUT2D eigenvalue weighted by atomic mass is 9.89. The molecule has 0 unspecified atom stereocenters. The average molecular weight is 868 g/mol. The standard InChI is InChI=1S/C45H51BrN6O5S/c1-5-56-42(54)39-40(58-27-47-39)30-17-15-29(16-18-30)34(48-44(55)57-45(2,3)4)13-9-23-50-24-21-28(22-25-50)31-19-20-35-37(26-31)51(32-10-6-7-11-32)43-49-41(53)38-33(46)12-8-14-36(38)52(35)43/h8,12,14-20,26-28,32,34H,5-7,9-11,13,21-25H2,1-4H3,(H,48,55)/t34-/m0/s1. The monoisotopic (exact) mass is 866 g/mol. The fourth-order valence-corrected chi connectivity index (χ4v) is 10.2. The van der Waals surface area contributed by atoms with Crippen molar-refractivity contribution in [3.8, 4) is 10.4 Å². The van der Waals surface area contributed by atoms with Gasteiger partial charge in [0.1, 0.15) is 5.60 Å². The van der Waals surface area contributed by atoms with Crippen LogP contribution in [-0.4, -0.2) is 67.7 Å². The largest absolute Gasteiger partial charge is 0.461 e. The molecule has 0 spiro atoms. The first-order chi connectivity index (χ1) is 28.0. The molecule has 0 radical (unpaired) electrons. The molecule has 3 aromatic heterocycles. The quantitative estimate of drug-likeness (QED) is 0.128. The number of carbonyl (C=O) groups is 2. The maximum absolute atomic E-state index is 13.4. The molecule has 1 aliphatic carbocycles. The number of benzene rings is 3. The van der Waals surface area contributed by atoms with Crippen LogP contribution >= 0.6 is 27.3 Å². The van der Waals surface area contributed by atoms with Crippen LogP contribution in [0.3, 0.4) is 0 Å². The highest BCUT2D eigenvalue weighted by molar-refractivity contribution is 9.10. The Balaban J connectivity index is 0.959. The van der Waals surface area contributed by atoms with E-state index < -0.39 is 17.7 Å². The molecule has 304 valence electrons. The van der Waals surface area contributed by atoms with Crippen LogP contribution < -0.4 is 10.9 Å². The number of thiazole rings is 1. The second-order valence-corrected chi connectivity index (χ2v) is 18.3. The Kier molecular flexibility index (Phi) is 11.7. The normalized spacial score (nSPS) is 16.4. The molecule has 13 heteroatoms. The van der Waals surface area contributed by atoms with Crippen LogP contribution in [0.15, 0.2) is 75.4 Å². The maximum atomic E-state index is 13.4. The molecule has 1 N–H and O–H groups in total. The van der Waals surface area contributed by atoms with E-state index in [4.69, 9.17) is 14.5 Å². The minimum Gasteiger partial charge on any atom is -0.461 e. The van der Waals surface area contributed by atoms with E-state index in [9.17, 15) is 14.4 Å². The molecular weight excluding hydrogens is 817 g/mol. The summed E-state index contributed by atoms with van der Waals surface area (Å²) in [5.41, 5.74) is 7.50. The Bertz CT molecular complexity index is 2510. The van der Waals surface area contributed by atoms with Crippen molar-refractivity contribution in [3.63, 3.8) is 0 Å². The van der Waals surface area contributed by atoms with Crippen LogP contribution in [0.1, 0.15) is 119 Å². The number of rotatable bonds is 11. The summed E-state index contributed by atoms with van der Waals surface area (Å²) in [6, 6.07) is 20.9. The predicted octanol–water partition coefficient (Wildman–Crippen LogP) is 10.2. The number of esters is 1. The Morgan fingerprint density at radius 3 is 2.47 bits per heavy atom. The topological polar surface area (TPSA) is 120 Å². The van der Waals surface area contributed by atoms with Gasteiger partial charge in [0.25, 0.3) is 5.56 Å². The third-order valence-corrected chi connectivity index (χ3v) is 13.1. The zero-order valence-corrected chi connectivity index (χ0v) is 36.0. The Hall–Kier alpha value is -4.59. The van der Waals surface area contributed by atoms with Crippen LogP contribution in [0.2, 0.25) is 0 Å². The third kappa shape index (κ3) is 8.31. The second kappa shape index (κ2) is 16.9. The molecule has 1 saturated carbocycles. The SMILES string of the molecule is CCOC(=O)c1ncsc1-c1ccc([C@H](CCCN2CCC(c3ccc4c(c3)n(C3CCCC3)c3nc(=O)c5c(Br)cccc5n43)CC2)NC(=O)OC(C)(C)C)cc1. The molecule has 2 fully saturated rings. The number of alkyl carbamates (subject to hydrolysis) is 1. The van der Waals surface area contributed by atoms with Gasteiger partial charge in [-0.1, -0.05) is 49.2 Å². The van der Waals surface area contributed by atoms with E-state index in [1.54, 1.807) is 12.4 Å². The van der Waals surface area contributed by atoms with Gasteiger partial charge in [-0.05, 0) is 149 Å². The van der Waals surface area contributed by atoms with Crippen molar-refractivity contribution in [1.29, 1.82) is 0 Å². The number of hydrogen-bond acceptors (Lipinski definition) is 9. The van der Waals surface area contributed by atoms with Crippen LogP contribution in [0.4, 0.5) is 4.79 Å². The summed E-state index contributed by atoms with van der Waals surface area (Å²) in [6.07, 6.45) is 7.90. The minimum absolute atomic E-state index is 0.195. The van der Waals surface area contributed by atoms with Crippen LogP contribution in [-0.2, 0) is 9.47 Å². The first-order valence-corrected chi connectivity index (χ1v) is 22.2. The zero-order valence-electron chi connectivity index (χ0n) is 33.6. The van der Waals surface area contributed by atoms with Gasteiger partial charge in [-0.3, -0.25) is 9.20 Å². The molecule has 4 heterocycles. The number of likely N-dealkylation sites (tertiary alicyclic amines) is 1. The first-order valence-electron chi connectivity index (χ1n) is 20.6. The van der Waals surface area contributed by atoms with Gasteiger partial charge in [0.15, 0.2) is 5.69 Å². The molecule has 0 bridgehead atoms. The number of nitrogens with zero attached hydrogens (tertiary/aromatic N) is 5. The van der Waals surface area contributed by atoms with Gasteiger partial charge in [-0.2, -0.15) is 4.98 Å². The van der Waals surface area contributed by atoms with Crippen molar-refractivity contribution in [2.75, 3.05) is 26.2 Å². The van der Waals surface area contributed by atoms with Gasteiger partial charge in [0.2, 0.25) is 5.78 Å². The molecule has 2 aliphatic rings. The number of halogens is 1. The van der Waals surface area contributed by atoms with Crippen LogP contribution in [0.25, 0.3) is 38.2 Å². The lowest BCUT2D eigenvalue weighted by Crippen LogP contribution is -2.36. The molecular formula is C45H51BrN6O5S. The second-order valence-electron chi connectivity index (χ2n) is 16.6. The Morgan fingerprint density at radius 2 is 1.74 bits per heavy atom. The molecule has 8 rings (SSSR count). The lowest BCUT2D eigenvalue weighted by molar-refractivity contribution is 0.0495. The molecule has 11 nitrogen and oxygen atoms in total. The number of amides is 1. The number of fused-ring (bicyclic) bond motifs is 5. The summed E-state index contributed by atoms with van der Waals surface area (Å²) in [5.74, 6) is 0.750. The lowest BCUT2D eigenvalue weighted by Gasteiger charge is -2.32. The average Bonchev–Trinajstić information content (AvgIpc) is 3.97. The Labute approximate surface area is 350 Å². The number of ether oxygens (including phenoxy) is 2. The number of carbonyl (C=O) groups excluding carboxylic acids is 2. The fraction of sp³-hybridized carbons (Fsp3) is 0.444. The van der Waals surface area contributed by atoms with Gasteiger partial charge in [0, 0.05) is 10.5 Å². The van der Waals surface area contributed by atoms with Crippen molar-refractivity contribution >= 4 is 67.0 Å².